The van der Waals surface area contributed by atoms with Gasteiger partial charge in [-0.2, -0.15) is 13.2 Å². The Morgan fingerprint density at radius 2 is 1.85 bits per heavy atom. The molecule has 0 N–H and O–H groups in total. The summed E-state index contributed by atoms with van der Waals surface area (Å²) in [5.74, 6) is 0.969. The van der Waals surface area contributed by atoms with E-state index in [4.69, 9.17) is 4.99 Å². The van der Waals surface area contributed by atoms with Crippen LogP contribution in [0.2, 0.25) is 0 Å². The van der Waals surface area contributed by atoms with Crippen molar-refractivity contribution in [2.45, 2.75) is 51.5 Å². The molecule has 0 saturated carbocycles. The van der Waals surface area contributed by atoms with Crippen molar-refractivity contribution in [3.8, 4) is 5.69 Å². The van der Waals surface area contributed by atoms with Crippen LogP contribution in [-0.2, 0) is 6.18 Å². The van der Waals surface area contributed by atoms with Gasteiger partial charge in [0.2, 0.25) is 0 Å². The highest BCUT2D eigenvalue weighted by Crippen LogP contribution is 2.50. The normalized spacial score (nSPS) is 22.5. The zero-order valence-electron chi connectivity index (χ0n) is 18.7. The Labute approximate surface area is 195 Å². The minimum Gasteiger partial charge on any atom is -0.338 e. The van der Waals surface area contributed by atoms with Crippen LogP contribution in [0.5, 0.6) is 0 Å². The van der Waals surface area contributed by atoms with Crippen LogP contribution < -0.4 is 0 Å². The van der Waals surface area contributed by atoms with Gasteiger partial charge < -0.3 is 9.47 Å². The fraction of sp³-hybridized carbons (Fsp3) is 0.360. The summed E-state index contributed by atoms with van der Waals surface area (Å²) >= 11 is 1.75. The third-order valence-electron chi connectivity index (χ3n) is 6.57. The van der Waals surface area contributed by atoms with Crippen molar-refractivity contribution in [1.29, 1.82) is 0 Å². The first-order chi connectivity index (χ1) is 15.8. The summed E-state index contributed by atoms with van der Waals surface area (Å²) in [6, 6.07) is 13.6. The minimum absolute atomic E-state index is 0.104. The Morgan fingerprint density at radius 3 is 2.55 bits per heavy atom. The second-order valence-electron chi connectivity index (χ2n) is 8.51. The van der Waals surface area contributed by atoms with Gasteiger partial charge >= 0.3 is 6.18 Å². The molecule has 0 aliphatic carbocycles. The number of aliphatic imine (C=N–C) groups is 1. The number of para-hydroxylation sites is 1. The first-order valence-electron chi connectivity index (χ1n) is 11.1. The summed E-state index contributed by atoms with van der Waals surface area (Å²) in [7, 11) is 0. The van der Waals surface area contributed by atoms with E-state index in [0.717, 1.165) is 46.1 Å². The molecule has 0 unspecified atom stereocenters. The summed E-state index contributed by atoms with van der Waals surface area (Å²) in [6.07, 6.45) is -1.69. The maximum atomic E-state index is 13.8. The molecule has 2 aliphatic rings. The maximum Gasteiger partial charge on any atom is 0.418 e. The van der Waals surface area contributed by atoms with E-state index >= 15 is 0 Å². The Bertz CT molecular complexity index is 1200. The molecule has 3 aromatic rings. The second-order valence-corrected chi connectivity index (χ2v) is 9.50. The van der Waals surface area contributed by atoms with E-state index in [1.165, 1.54) is 6.07 Å². The minimum atomic E-state index is -4.43. The van der Waals surface area contributed by atoms with Crippen LogP contribution in [0.4, 0.5) is 13.2 Å². The zero-order valence-corrected chi connectivity index (χ0v) is 19.5. The number of nitrogens with zero attached hydrogens (tertiary/aromatic N) is 4. The number of rotatable bonds is 4. The Balaban J connectivity index is 1.67. The molecular weight excluding hydrogens is 445 g/mol. The van der Waals surface area contributed by atoms with Crippen LogP contribution in [0.15, 0.2) is 59.7 Å². The van der Waals surface area contributed by atoms with Crippen LogP contribution in [0, 0.1) is 13.8 Å². The summed E-state index contributed by atoms with van der Waals surface area (Å²) in [4.78, 5) is 12.0. The maximum absolute atomic E-state index is 13.8. The van der Waals surface area contributed by atoms with Gasteiger partial charge in [0.05, 0.1) is 23.0 Å². The summed E-state index contributed by atoms with van der Waals surface area (Å²) < 4.78 is 43.2. The van der Waals surface area contributed by atoms with E-state index in [9.17, 15) is 13.2 Å². The molecule has 0 bridgehead atoms. The number of hydrogen-bond acceptors (Lipinski definition) is 4. The first kappa shape index (κ1) is 22.1. The second kappa shape index (κ2) is 8.24. The lowest BCUT2D eigenvalue weighted by Gasteiger charge is -2.32. The Morgan fingerprint density at radius 1 is 1.09 bits per heavy atom. The Hall–Kier alpha value is -2.74. The van der Waals surface area contributed by atoms with Crippen LogP contribution in [-0.4, -0.2) is 31.4 Å². The number of alkyl halides is 3. The molecule has 4 heterocycles. The van der Waals surface area contributed by atoms with Gasteiger partial charge in [0, 0.05) is 29.4 Å². The first-order valence-corrected chi connectivity index (χ1v) is 12.0. The third kappa shape index (κ3) is 3.64. The van der Waals surface area contributed by atoms with Crippen LogP contribution in [0.25, 0.3) is 5.69 Å². The van der Waals surface area contributed by atoms with Gasteiger partial charge in [-0.3, -0.25) is 9.98 Å². The van der Waals surface area contributed by atoms with Crippen molar-refractivity contribution in [3.63, 3.8) is 0 Å². The number of pyridine rings is 1. The number of aromatic nitrogens is 2. The number of benzene rings is 1. The SMILES string of the molecule is CC[C@H]1CSC2=N[C@H](c3ccccn3)[C@@H](c3cc(C)n(-c4ccccc4C(F)(F)F)c3C)N21. The number of fused-ring (bicyclic) bond motifs is 1. The topological polar surface area (TPSA) is 33.4 Å². The van der Waals surface area contributed by atoms with Gasteiger partial charge in [-0.15, -0.1) is 0 Å². The smallest absolute Gasteiger partial charge is 0.338 e. The quantitative estimate of drug-likeness (QED) is 0.437. The molecular formula is C25H25F3N4S. The van der Waals surface area contributed by atoms with Gasteiger partial charge in [0.1, 0.15) is 6.04 Å². The molecule has 1 fully saturated rings. The average Bonchev–Trinajstić information content (AvgIpc) is 3.45. The van der Waals surface area contributed by atoms with Crippen molar-refractivity contribution in [2.75, 3.05) is 5.75 Å². The van der Waals surface area contributed by atoms with Crippen molar-refractivity contribution >= 4 is 16.9 Å². The van der Waals surface area contributed by atoms with E-state index in [-0.39, 0.29) is 17.8 Å². The molecule has 172 valence electrons. The number of halogens is 3. The largest absolute Gasteiger partial charge is 0.418 e. The van der Waals surface area contributed by atoms with E-state index in [1.807, 2.05) is 38.1 Å². The zero-order chi connectivity index (χ0) is 23.3. The van der Waals surface area contributed by atoms with Gasteiger partial charge in [0.15, 0.2) is 5.17 Å². The van der Waals surface area contributed by atoms with Gasteiger partial charge in [-0.25, -0.2) is 0 Å². The van der Waals surface area contributed by atoms with Crippen LogP contribution in [0.3, 0.4) is 0 Å². The Kier molecular flexibility index (Phi) is 5.51. The fourth-order valence-corrected chi connectivity index (χ4v) is 6.39. The highest BCUT2D eigenvalue weighted by Gasteiger charge is 2.46. The molecule has 0 radical (unpaired) electrons. The third-order valence-corrected chi connectivity index (χ3v) is 7.69. The summed E-state index contributed by atoms with van der Waals surface area (Å²) in [5, 5.41) is 1.00. The van der Waals surface area contributed by atoms with Crippen molar-refractivity contribution in [3.05, 3.63) is 82.9 Å². The summed E-state index contributed by atoms with van der Waals surface area (Å²) in [6.45, 7) is 5.95. The fourth-order valence-electron chi connectivity index (χ4n) is 5.05. The number of aryl methyl sites for hydroxylation is 1. The molecule has 1 aromatic carbocycles. The molecule has 2 aliphatic heterocycles. The molecule has 5 rings (SSSR count). The highest BCUT2D eigenvalue weighted by molar-refractivity contribution is 8.14. The van der Waals surface area contributed by atoms with E-state index in [1.54, 1.807) is 34.7 Å². The number of thioether (sulfide) groups is 1. The molecule has 1 saturated heterocycles. The van der Waals surface area contributed by atoms with Crippen LogP contribution in [0.1, 0.15) is 53.6 Å². The van der Waals surface area contributed by atoms with Crippen molar-refractivity contribution in [1.82, 2.24) is 14.5 Å². The standard InChI is InChI=1S/C25H25F3N4S/c1-4-17-14-33-24-30-22(20-10-7-8-12-29-20)23(32(17)24)18-13-15(2)31(16(18)3)21-11-6-5-9-19(21)25(26,27)28/h5-13,17,22-23H,4,14H2,1-3H3/t17-,22+,23+/m0/s1. The lowest BCUT2D eigenvalue weighted by atomic mass is 9.95. The van der Waals surface area contributed by atoms with E-state index in [0.29, 0.717) is 6.04 Å². The predicted octanol–water partition coefficient (Wildman–Crippen LogP) is 6.49. The summed E-state index contributed by atoms with van der Waals surface area (Å²) in [5.41, 5.74) is 2.97. The lowest BCUT2D eigenvalue weighted by molar-refractivity contribution is -0.137. The molecule has 2 aromatic heterocycles. The predicted molar refractivity (Wildman–Crippen MR) is 126 cm³/mol. The van der Waals surface area contributed by atoms with Crippen molar-refractivity contribution in [2.24, 2.45) is 4.99 Å². The average molecular weight is 471 g/mol. The number of amidine groups is 1. The van der Waals surface area contributed by atoms with Gasteiger partial charge in [-0.05, 0) is 56.2 Å². The molecule has 0 spiro atoms. The molecule has 8 heteroatoms. The molecule has 33 heavy (non-hydrogen) atoms. The lowest BCUT2D eigenvalue weighted by Crippen LogP contribution is -2.35. The van der Waals surface area contributed by atoms with Gasteiger partial charge in [-0.1, -0.05) is 36.9 Å². The molecule has 3 atom stereocenters. The van der Waals surface area contributed by atoms with E-state index in [2.05, 4.69) is 16.8 Å². The highest BCUT2D eigenvalue weighted by atomic mass is 32.2. The molecule has 0 amide bonds. The van der Waals surface area contributed by atoms with Gasteiger partial charge in [0.25, 0.3) is 0 Å². The monoisotopic (exact) mass is 470 g/mol. The van der Waals surface area contributed by atoms with E-state index < -0.39 is 11.7 Å². The van der Waals surface area contributed by atoms with Crippen molar-refractivity contribution < 1.29 is 13.2 Å². The number of hydrogen-bond donors (Lipinski definition) is 0. The van der Waals surface area contributed by atoms with Crippen LogP contribution >= 0.6 is 11.8 Å². The molecule has 4 nitrogen and oxygen atoms in total.